The lowest BCUT2D eigenvalue weighted by Gasteiger charge is -2.27. The van der Waals surface area contributed by atoms with E-state index >= 15 is 0 Å². The Labute approximate surface area is 143 Å². The first-order valence-corrected chi connectivity index (χ1v) is 8.01. The topological polar surface area (TPSA) is 95.5 Å². The lowest BCUT2D eigenvalue weighted by Crippen LogP contribution is -2.31. The molecule has 1 aliphatic rings. The third-order valence-corrected chi connectivity index (χ3v) is 4.11. The molecule has 8 heteroatoms. The van der Waals surface area contributed by atoms with Gasteiger partial charge in [0, 0.05) is 24.4 Å². The Morgan fingerprint density at radius 3 is 2.28 bits per heavy atom. The van der Waals surface area contributed by atoms with Crippen molar-refractivity contribution < 1.29 is 28.3 Å². The maximum absolute atomic E-state index is 13.1. The van der Waals surface area contributed by atoms with Crippen LogP contribution in [0.1, 0.15) is 31.2 Å². The highest BCUT2D eigenvalue weighted by molar-refractivity contribution is 5.92. The van der Waals surface area contributed by atoms with Gasteiger partial charge in [-0.15, -0.1) is 0 Å². The van der Waals surface area contributed by atoms with Crippen LogP contribution in [-0.4, -0.2) is 35.4 Å². The average molecular weight is 354 g/mol. The minimum absolute atomic E-state index is 0.0270. The lowest BCUT2D eigenvalue weighted by atomic mass is 9.86. The summed E-state index contributed by atoms with van der Waals surface area (Å²) in [6, 6.07) is 6.53. The number of hydrogen-bond acceptors (Lipinski definition) is 3. The van der Waals surface area contributed by atoms with Crippen molar-refractivity contribution in [3.63, 3.8) is 0 Å². The van der Waals surface area contributed by atoms with Crippen molar-refractivity contribution in [3.05, 3.63) is 29.8 Å². The molecule has 1 fully saturated rings. The third kappa shape index (κ3) is 6.13. The van der Waals surface area contributed by atoms with Crippen molar-refractivity contribution in [1.82, 2.24) is 5.32 Å². The van der Waals surface area contributed by atoms with Crippen molar-refractivity contribution in [3.8, 4) is 0 Å². The first-order valence-electron chi connectivity index (χ1n) is 8.01. The number of halogens is 2. The summed E-state index contributed by atoms with van der Waals surface area (Å²) in [7, 11) is 0. The highest BCUT2D eigenvalue weighted by Crippen LogP contribution is 2.36. The summed E-state index contributed by atoms with van der Waals surface area (Å²) < 4.78 is 26.2. The highest BCUT2D eigenvalue weighted by Gasteiger charge is 2.37. The lowest BCUT2D eigenvalue weighted by molar-refractivity contribution is -0.137. The fraction of sp³-hybridized carbons (Fsp3) is 0.471. The molecule has 0 aromatic heterocycles. The maximum atomic E-state index is 13.1. The van der Waals surface area contributed by atoms with Gasteiger partial charge in [-0.3, -0.25) is 14.4 Å². The SMILES string of the molecule is O=C(O)CNC(=O)Cc1ccc(NC(=O)C2CCC(F)(F)CC2)cc1. The molecular weight excluding hydrogens is 334 g/mol. The molecule has 6 nitrogen and oxygen atoms in total. The van der Waals surface area contributed by atoms with Crippen LogP contribution in [0.15, 0.2) is 24.3 Å². The van der Waals surface area contributed by atoms with Gasteiger partial charge in [-0.05, 0) is 30.5 Å². The first kappa shape index (κ1) is 18.8. The molecule has 0 radical (unpaired) electrons. The summed E-state index contributed by atoms with van der Waals surface area (Å²) in [6.45, 7) is -0.437. The van der Waals surface area contributed by atoms with Crippen molar-refractivity contribution >= 4 is 23.5 Å². The fourth-order valence-electron chi connectivity index (χ4n) is 2.67. The second-order valence-electron chi connectivity index (χ2n) is 6.16. The number of carbonyl (C=O) groups excluding carboxylic acids is 2. The molecule has 0 spiro atoms. The van der Waals surface area contributed by atoms with Gasteiger partial charge in [0.1, 0.15) is 6.54 Å². The normalized spacial score (nSPS) is 16.9. The summed E-state index contributed by atoms with van der Waals surface area (Å²) >= 11 is 0. The van der Waals surface area contributed by atoms with Crippen LogP contribution in [0.3, 0.4) is 0 Å². The molecule has 0 heterocycles. The van der Waals surface area contributed by atoms with Crippen LogP contribution in [-0.2, 0) is 20.8 Å². The van der Waals surface area contributed by atoms with Crippen LogP contribution < -0.4 is 10.6 Å². The number of amides is 2. The van der Waals surface area contributed by atoms with E-state index in [0.717, 1.165) is 0 Å². The molecule has 2 rings (SSSR count). The minimum Gasteiger partial charge on any atom is -0.480 e. The molecular formula is C17H20F2N2O4. The number of carbonyl (C=O) groups is 3. The van der Waals surface area contributed by atoms with Gasteiger partial charge in [0.05, 0.1) is 6.42 Å². The van der Waals surface area contributed by atoms with Crippen LogP contribution in [0.4, 0.5) is 14.5 Å². The molecule has 0 bridgehead atoms. The van der Waals surface area contributed by atoms with Gasteiger partial charge in [0.25, 0.3) is 0 Å². The molecule has 25 heavy (non-hydrogen) atoms. The molecule has 0 aliphatic heterocycles. The van der Waals surface area contributed by atoms with Crippen LogP contribution in [0.25, 0.3) is 0 Å². The Bertz CT molecular complexity index is 637. The van der Waals surface area contributed by atoms with E-state index in [2.05, 4.69) is 10.6 Å². The van der Waals surface area contributed by atoms with Crippen LogP contribution in [0.5, 0.6) is 0 Å². The molecule has 0 saturated heterocycles. The first-order chi connectivity index (χ1) is 11.7. The van der Waals surface area contributed by atoms with E-state index in [0.29, 0.717) is 11.3 Å². The second-order valence-corrected chi connectivity index (χ2v) is 6.16. The van der Waals surface area contributed by atoms with E-state index in [1.54, 1.807) is 24.3 Å². The van der Waals surface area contributed by atoms with Gasteiger partial charge < -0.3 is 15.7 Å². The molecule has 1 aromatic rings. The largest absolute Gasteiger partial charge is 0.480 e. The monoisotopic (exact) mass is 354 g/mol. The zero-order valence-corrected chi connectivity index (χ0v) is 13.6. The number of alkyl halides is 2. The zero-order chi connectivity index (χ0) is 18.4. The number of carboxylic acid groups (broad SMARTS) is 1. The van der Waals surface area contributed by atoms with Crippen LogP contribution in [0, 0.1) is 5.92 Å². The molecule has 0 unspecified atom stereocenters. The molecule has 1 saturated carbocycles. The van der Waals surface area contributed by atoms with Gasteiger partial charge in [0.15, 0.2) is 0 Å². The Balaban J connectivity index is 1.82. The van der Waals surface area contributed by atoms with Gasteiger partial charge in [-0.2, -0.15) is 0 Å². The zero-order valence-electron chi connectivity index (χ0n) is 13.6. The van der Waals surface area contributed by atoms with Crippen molar-refractivity contribution in [1.29, 1.82) is 0 Å². The minimum atomic E-state index is -2.67. The number of anilines is 1. The number of nitrogens with one attached hydrogen (secondary N) is 2. The van der Waals surface area contributed by atoms with E-state index in [9.17, 15) is 23.2 Å². The molecule has 1 aromatic carbocycles. The molecule has 136 valence electrons. The molecule has 0 atom stereocenters. The maximum Gasteiger partial charge on any atom is 0.322 e. The summed E-state index contributed by atoms with van der Waals surface area (Å²) in [5.41, 5.74) is 1.19. The van der Waals surface area contributed by atoms with E-state index in [1.165, 1.54) is 0 Å². The Hall–Kier alpha value is -2.51. The average Bonchev–Trinajstić information content (AvgIpc) is 2.54. The number of benzene rings is 1. The predicted octanol–water partition coefficient (Wildman–Crippen LogP) is 2.19. The Kier molecular flexibility index (Phi) is 6.06. The molecule has 1 aliphatic carbocycles. The summed E-state index contributed by atoms with van der Waals surface area (Å²) in [6.07, 6.45) is -0.175. The number of rotatable bonds is 6. The van der Waals surface area contributed by atoms with Crippen molar-refractivity contribution in [2.45, 2.75) is 38.0 Å². The molecule has 3 N–H and O–H groups in total. The van der Waals surface area contributed by atoms with Gasteiger partial charge in [0.2, 0.25) is 17.7 Å². The number of carboxylic acids is 1. The van der Waals surface area contributed by atoms with Gasteiger partial charge >= 0.3 is 5.97 Å². The number of hydrogen-bond donors (Lipinski definition) is 3. The number of aliphatic carboxylic acids is 1. The Morgan fingerprint density at radius 1 is 1.12 bits per heavy atom. The highest BCUT2D eigenvalue weighted by atomic mass is 19.3. The van der Waals surface area contributed by atoms with E-state index in [1.807, 2.05) is 0 Å². The van der Waals surface area contributed by atoms with Crippen LogP contribution >= 0.6 is 0 Å². The summed E-state index contributed by atoms with van der Waals surface area (Å²) in [5.74, 6) is -4.89. The van der Waals surface area contributed by atoms with E-state index < -0.39 is 30.3 Å². The Morgan fingerprint density at radius 2 is 1.72 bits per heavy atom. The predicted molar refractivity (Wildman–Crippen MR) is 86.3 cm³/mol. The molecule has 2 amide bonds. The van der Waals surface area contributed by atoms with Crippen molar-refractivity contribution in [2.75, 3.05) is 11.9 Å². The summed E-state index contributed by atoms with van der Waals surface area (Å²) in [4.78, 5) is 34.0. The van der Waals surface area contributed by atoms with E-state index in [4.69, 9.17) is 5.11 Å². The van der Waals surface area contributed by atoms with Gasteiger partial charge in [-0.1, -0.05) is 12.1 Å². The van der Waals surface area contributed by atoms with Gasteiger partial charge in [-0.25, -0.2) is 8.78 Å². The third-order valence-electron chi connectivity index (χ3n) is 4.11. The standard InChI is InChI=1S/C17H20F2N2O4/c18-17(19)7-5-12(6-8-17)16(25)21-13-3-1-11(2-4-13)9-14(22)20-10-15(23)24/h1-4,12H,5-10H2,(H,20,22)(H,21,25)(H,23,24). The van der Waals surface area contributed by atoms with E-state index in [-0.39, 0.29) is 38.0 Å². The smallest absolute Gasteiger partial charge is 0.322 e. The van der Waals surface area contributed by atoms with Crippen LogP contribution in [0.2, 0.25) is 0 Å². The second kappa shape index (κ2) is 8.04. The summed E-state index contributed by atoms with van der Waals surface area (Å²) in [5, 5.41) is 13.4. The van der Waals surface area contributed by atoms with Crippen molar-refractivity contribution in [2.24, 2.45) is 5.92 Å². The fourth-order valence-corrected chi connectivity index (χ4v) is 2.67. The quantitative estimate of drug-likeness (QED) is 0.730.